The molecule has 2 rings (SSSR count). The first-order valence-electron chi connectivity index (χ1n) is 4.07. The molecule has 1 heterocycles. The topological polar surface area (TPSA) is 50.7 Å². The monoisotopic (exact) mass is 253 g/mol. The predicted octanol–water partition coefficient (Wildman–Crippen LogP) is 1.63. The number of aromatic nitrogens is 3. The van der Waals surface area contributed by atoms with Gasteiger partial charge in [-0.1, -0.05) is 22.0 Å². The van der Waals surface area contributed by atoms with E-state index in [9.17, 15) is 4.79 Å². The average molecular weight is 254 g/mol. The van der Waals surface area contributed by atoms with Gasteiger partial charge in [-0.05, 0) is 24.6 Å². The third kappa shape index (κ3) is 1.39. The van der Waals surface area contributed by atoms with Crippen LogP contribution in [0.2, 0.25) is 0 Å². The molecular formula is C9H8BrN3O. The van der Waals surface area contributed by atoms with Crippen molar-refractivity contribution in [2.45, 2.75) is 6.92 Å². The molecule has 0 aliphatic heterocycles. The lowest BCUT2D eigenvalue weighted by molar-refractivity contribution is 0.971. The summed E-state index contributed by atoms with van der Waals surface area (Å²) < 4.78 is 2.45. The van der Waals surface area contributed by atoms with Crippen molar-refractivity contribution in [1.29, 1.82) is 0 Å². The largest absolute Gasteiger partial charge is 0.347 e. The van der Waals surface area contributed by atoms with Crippen molar-refractivity contribution >= 4 is 15.9 Å². The normalized spacial score (nSPS) is 10.4. The number of hydrogen-bond donors (Lipinski definition) is 1. The highest BCUT2D eigenvalue weighted by Gasteiger charge is 2.05. The average Bonchev–Trinajstić information content (AvgIpc) is 2.57. The molecule has 5 heteroatoms. The summed E-state index contributed by atoms with van der Waals surface area (Å²) in [7, 11) is 0. The number of H-pyrrole nitrogens is 1. The molecule has 0 saturated heterocycles. The zero-order valence-corrected chi connectivity index (χ0v) is 9.08. The Morgan fingerprint density at radius 2 is 2.29 bits per heavy atom. The second-order valence-electron chi connectivity index (χ2n) is 2.92. The Labute approximate surface area is 88.7 Å². The summed E-state index contributed by atoms with van der Waals surface area (Å²) in [5.41, 5.74) is 1.61. The van der Waals surface area contributed by atoms with E-state index in [-0.39, 0.29) is 5.69 Å². The van der Waals surface area contributed by atoms with E-state index in [1.807, 2.05) is 25.1 Å². The molecule has 0 aliphatic carbocycles. The molecule has 0 unspecified atom stereocenters. The fourth-order valence-electron chi connectivity index (χ4n) is 1.28. The van der Waals surface area contributed by atoms with Crippen LogP contribution in [-0.4, -0.2) is 14.8 Å². The van der Waals surface area contributed by atoms with Gasteiger partial charge in [0.15, 0.2) is 0 Å². The number of nitrogens with zero attached hydrogens (tertiary/aromatic N) is 2. The minimum atomic E-state index is -0.230. The van der Waals surface area contributed by atoms with Crippen LogP contribution in [0.5, 0.6) is 0 Å². The number of benzene rings is 1. The zero-order valence-electron chi connectivity index (χ0n) is 7.49. The van der Waals surface area contributed by atoms with Crippen LogP contribution in [0.4, 0.5) is 0 Å². The Morgan fingerprint density at radius 3 is 2.93 bits per heavy atom. The fourth-order valence-corrected chi connectivity index (χ4v) is 1.63. The van der Waals surface area contributed by atoms with Gasteiger partial charge in [0.1, 0.15) is 6.33 Å². The molecule has 2 aromatic rings. The number of aromatic amines is 1. The van der Waals surface area contributed by atoms with Crippen LogP contribution in [0.3, 0.4) is 0 Å². The maximum Gasteiger partial charge on any atom is 0.347 e. The highest BCUT2D eigenvalue weighted by Crippen LogP contribution is 2.21. The van der Waals surface area contributed by atoms with Gasteiger partial charge in [-0.15, -0.1) is 0 Å². The first-order chi connectivity index (χ1) is 6.70. The van der Waals surface area contributed by atoms with E-state index >= 15 is 0 Å². The molecule has 72 valence electrons. The summed E-state index contributed by atoms with van der Waals surface area (Å²) in [6, 6.07) is 5.69. The van der Waals surface area contributed by atoms with Crippen LogP contribution in [0.1, 0.15) is 5.56 Å². The molecule has 0 bridgehead atoms. The molecule has 0 spiro atoms. The second kappa shape index (κ2) is 3.42. The SMILES string of the molecule is Cc1c(Br)cccc1-n1cn[nH]c1=O. The van der Waals surface area contributed by atoms with Crippen molar-refractivity contribution in [2.75, 3.05) is 0 Å². The van der Waals surface area contributed by atoms with E-state index < -0.39 is 0 Å². The number of hydrogen-bond acceptors (Lipinski definition) is 2. The summed E-state index contributed by atoms with van der Waals surface area (Å²) in [5, 5.41) is 6.03. The Bertz CT molecular complexity index is 515. The van der Waals surface area contributed by atoms with E-state index in [2.05, 4.69) is 26.1 Å². The predicted molar refractivity (Wildman–Crippen MR) is 56.6 cm³/mol. The van der Waals surface area contributed by atoms with Crippen molar-refractivity contribution in [3.63, 3.8) is 0 Å². The number of halogens is 1. The van der Waals surface area contributed by atoms with Gasteiger partial charge < -0.3 is 0 Å². The fraction of sp³-hybridized carbons (Fsp3) is 0.111. The van der Waals surface area contributed by atoms with Gasteiger partial charge in [-0.2, -0.15) is 5.10 Å². The van der Waals surface area contributed by atoms with Gasteiger partial charge >= 0.3 is 5.69 Å². The van der Waals surface area contributed by atoms with Gasteiger partial charge in [0, 0.05) is 4.47 Å². The molecule has 0 amide bonds. The Morgan fingerprint density at radius 1 is 1.50 bits per heavy atom. The Kier molecular flexibility index (Phi) is 2.25. The smallest absolute Gasteiger partial charge is 0.249 e. The third-order valence-corrected chi connectivity index (χ3v) is 2.91. The van der Waals surface area contributed by atoms with E-state index in [1.54, 1.807) is 0 Å². The van der Waals surface area contributed by atoms with Gasteiger partial charge in [0.05, 0.1) is 5.69 Å². The van der Waals surface area contributed by atoms with E-state index in [4.69, 9.17) is 0 Å². The maximum atomic E-state index is 11.3. The van der Waals surface area contributed by atoms with Crippen LogP contribution in [0, 0.1) is 6.92 Å². The molecule has 1 N–H and O–H groups in total. The zero-order chi connectivity index (χ0) is 10.1. The molecule has 0 atom stereocenters. The second-order valence-corrected chi connectivity index (χ2v) is 3.77. The summed E-state index contributed by atoms with van der Waals surface area (Å²) >= 11 is 3.41. The summed E-state index contributed by atoms with van der Waals surface area (Å²) in [6.45, 7) is 1.94. The third-order valence-electron chi connectivity index (χ3n) is 2.05. The first kappa shape index (κ1) is 9.21. The van der Waals surface area contributed by atoms with Crippen molar-refractivity contribution in [3.8, 4) is 5.69 Å². The van der Waals surface area contributed by atoms with Gasteiger partial charge in [0.25, 0.3) is 0 Å². The lowest BCUT2D eigenvalue weighted by atomic mass is 10.2. The number of rotatable bonds is 1. The van der Waals surface area contributed by atoms with Crippen LogP contribution in [0.15, 0.2) is 33.8 Å². The lowest BCUT2D eigenvalue weighted by Gasteiger charge is -2.05. The van der Waals surface area contributed by atoms with Crippen LogP contribution < -0.4 is 5.69 Å². The van der Waals surface area contributed by atoms with Gasteiger partial charge in [-0.25, -0.2) is 14.5 Å². The maximum absolute atomic E-state index is 11.3. The quantitative estimate of drug-likeness (QED) is 0.840. The lowest BCUT2D eigenvalue weighted by Crippen LogP contribution is -2.15. The molecule has 4 nitrogen and oxygen atoms in total. The molecule has 0 fully saturated rings. The molecule has 0 radical (unpaired) electrons. The van der Waals surface area contributed by atoms with Gasteiger partial charge in [0.2, 0.25) is 0 Å². The minimum Gasteiger partial charge on any atom is -0.249 e. The molecule has 1 aromatic carbocycles. The minimum absolute atomic E-state index is 0.230. The standard InChI is InChI=1S/C9H8BrN3O/c1-6-7(10)3-2-4-8(6)13-5-11-12-9(13)14/h2-5H,1H3,(H,12,14). The molecule has 14 heavy (non-hydrogen) atoms. The highest BCUT2D eigenvalue weighted by atomic mass is 79.9. The van der Waals surface area contributed by atoms with Crippen molar-refractivity contribution in [2.24, 2.45) is 0 Å². The van der Waals surface area contributed by atoms with E-state index in [0.29, 0.717) is 0 Å². The molecular weight excluding hydrogens is 246 g/mol. The Balaban J connectivity index is 2.69. The van der Waals surface area contributed by atoms with Crippen LogP contribution >= 0.6 is 15.9 Å². The first-order valence-corrected chi connectivity index (χ1v) is 4.87. The van der Waals surface area contributed by atoms with Crippen molar-refractivity contribution in [3.05, 3.63) is 45.0 Å². The van der Waals surface area contributed by atoms with Crippen molar-refractivity contribution in [1.82, 2.24) is 14.8 Å². The van der Waals surface area contributed by atoms with Crippen LogP contribution in [-0.2, 0) is 0 Å². The number of nitrogens with one attached hydrogen (secondary N) is 1. The van der Waals surface area contributed by atoms with E-state index in [0.717, 1.165) is 15.7 Å². The highest BCUT2D eigenvalue weighted by molar-refractivity contribution is 9.10. The van der Waals surface area contributed by atoms with Crippen LogP contribution in [0.25, 0.3) is 5.69 Å². The summed E-state index contributed by atoms with van der Waals surface area (Å²) in [6.07, 6.45) is 1.47. The molecule has 1 aromatic heterocycles. The van der Waals surface area contributed by atoms with Gasteiger partial charge in [-0.3, -0.25) is 0 Å². The molecule has 0 saturated carbocycles. The summed E-state index contributed by atoms with van der Waals surface area (Å²) in [4.78, 5) is 11.3. The van der Waals surface area contributed by atoms with Crippen molar-refractivity contribution < 1.29 is 0 Å². The van der Waals surface area contributed by atoms with E-state index in [1.165, 1.54) is 10.9 Å². The molecule has 0 aliphatic rings. The summed E-state index contributed by atoms with van der Waals surface area (Å²) in [5.74, 6) is 0. The Hall–Kier alpha value is -1.36.